The molecule has 1 atom stereocenters. The van der Waals surface area contributed by atoms with E-state index in [9.17, 15) is 0 Å². The molecule has 1 unspecified atom stereocenters. The zero-order valence-electron chi connectivity index (χ0n) is 11.4. The van der Waals surface area contributed by atoms with Crippen molar-refractivity contribution in [3.8, 4) is 0 Å². The monoisotopic (exact) mass is 253 g/mol. The zero-order chi connectivity index (χ0) is 12.9. The minimum absolute atomic E-state index is 0.110. The lowest BCUT2D eigenvalue weighted by Crippen LogP contribution is -2.33. The fourth-order valence-corrected chi connectivity index (χ4v) is 2.74. The van der Waals surface area contributed by atoms with Crippen molar-refractivity contribution in [2.45, 2.75) is 52.0 Å². The van der Waals surface area contributed by atoms with E-state index in [1.807, 2.05) is 12.1 Å². The molecule has 1 N–H and O–H groups in total. The fourth-order valence-electron chi connectivity index (χ4n) is 2.35. The standard InChI is InChI=1S/C15H24ClN/c1-5-10-17-12(2)11-15(3,4)13-8-6-7-9-14(13)16/h6-9,12,17H,5,10-11H2,1-4H3. The average molecular weight is 254 g/mol. The predicted molar refractivity (Wildman–Crippen MR) is 76.9 cm³/mol. The molecule has 17 heavy (non-hydrogen) atoms. The molecule has 0 amide bonds. The molecule has 0 heterocycles. The Morgan fingerprint density at radius 2 is 1.94 bits per heavy atom. The van der Waals surface area contributed by atoms with Crippen molar-refractivity contribution in [2.75, 3.05) is 6.54 Å². The third-order valence-corrected chi connectivity index (χ3v) is 3.49. The number of benzene rings is 1. The summed E-state index contributed by atoms with van der Waals surface area (Å²) in [5.74, 6) is 0. The quantitative estimate of drug-likeness (QED) is 0.793. The first-order valence-corrected chi connectivity index (χ1v) is 6.83. The third-order valence-electron chi connectivity index (χ3n) is 3.16. The van der Waals surface area contributed by atoms with E-state index in [4.69, 9.17) is 11.6 Å². The first-order valence-electron chi connectivity index (χ1n) is 6.45. The molecule has 0 fully saturated rings. The Labute approximate surface area is 111 Å². The van der Waals surface area contributed by atoms with Crippen LogP contribution >= 0.6 is 11.6 Å². The smallest absolute Gasteiger partial charge is 0.0443 e. The van der Waals surface area contributed by atoms with E-state index < -0.39 is 0 Å². The molecule has 0 bridgehead atoms. The summed E-state index contributed by atoms with van der Waals surface area (Å²) in [6.07, 6.45) is 2.27. The topological polar surface area (TPSA) is 12.0 Å². The summed E-state index contributed by atoms with van der Waals surface area (Å²) in [4.78, 5) is 0. The van der Waals surface area contributed by atoms with E-state index in [0.29, 0.717) is 6.04 Å². The van der Waals surface area contributed by atoms with E-state index in [2.05, 4.69) is 45.1 Å². The average Bonchev–Trinajstić information content (AvgIpc) is 2.26. The number of hydrogen-bond acceptors (Lipinski definition) is 1. The van der Waals surface area contributed by atoms with Gasteiger partial charge in [-0.15, -0.1) is 0 Å². The number of rotatable bonds is 6. The summed E-state index contributed by atoms with van der Waals surface area (Å²) in [6.45, 7) is 10.0. The van der Waals surface area contributed by atoms with Crippen LogP contribution in [0.25, 0.3) is 0 Å². The van der Waals surface area contributed by atoms with Crippen molar-refractivity contribution >= 4 is 11.6 Å². The van der Waals surface area contributed by atoms with E-state index in [1.165, 1.54) is 12.0 Å². The fraction of sp³-hybridized carbons (Fsp3) is 0.600. The van der Waals surface area contributed by atoms with Gasteiger partial charge >= 0.3 is 0 Å². The maximum absolute atomic E-state index is 6.28. The second-order valence-electron chi connectivity index (χ2n) is 5.42. The van der Waals surface area contributed by atoms with Gasteiger partial charge < -0.3 is 5.32 Å². The molecule has 0 radical (unpaired) electrons. The van der Waals surface area contributed by atoms with E-state index in [1.54, 1.807) is 0 Å². The highest BCUT2D eigenvalue weighted by Gasteiger charge is 2.25. The Bertz CT molecular complexity index is 347. The predicted octanol–water partition coefficient (Wildman–Crippen LogP) is 4.40. The van der Waals surface area contributed by atoms with Crippen LogP contribution in [0.2, 0.25) is 5.02 Å². The molecule has 96 valence electrons. The van der Waals surface area contributed by atoms with Crippen LogP contribution in [-0.4, -0.2) is 12.6 Å². The van der Waals surface area contributed by atoms with Gasteiger partial charge in [0.15, 0.2) is 0 Å². The highest BCUT2D eigenvalue weighted by molar-refractivity contribution is 6.31. The van der Waals surface area contributed by atoms with Gasteiger partial charge in [-0.1, -0.05) is 50.6 Å². The maximum atomic E-state index is 6.28. The molecule has 0 aliphatic carbocycles. The molecule has 0 aliphatic heterocycles. The number of halogens is 1. The first kappa shape index (κ1) is 14.5. The summed E-state index contributed by atoms with van der Waals surface area (Å²) in [6, 6.07) is 8.67. The summed E-state index contributed by atoms with van der Waals surface area (Å²) in [5, 5.41) is 4.41. The molecule has 0 spiro atoms. The van der Waals surface area contributed by atoms with Crippen molar-refractivity contribution in [1.29, 1.82) is 0 Å². The molecule has 1 nitrogen and oxygen atoms in total. The summed E-state index contributed by atoms with van der Waals surface area (Å²) in [7, 11) is 0. The van der Waals surface area contributed by atoms with E-state index in [-0.39, 0.29) is 5.41 Å². The van der Waals surface area contributed by atoms with Gasteiger partial charge in [0.05, 0.1) is 0 Å². The van der Waals surface area contributed by atoms with Gasteiger partial charge in [-0.05, 0) is 43.4 Å². The van der Waals surface area contributed by atoms with Crippen LogP contribution in [0.15, 0.2) is 24.3 Å². The van der Waals surface area contributed by atoms with Gasteiger partial charge in [-0.25, -0.2) is 0 Å². The summed E-state index contributed by atoms with van der Waals surface area (Å²) in [5.41, 5.74) is 1.35. The molecular formula is C15H24ClN. The van der Waals surface area contributed by atoms with Gasteiger partial charge in [0.25, 0.3) is 0 Å². The van der Waals surface area contributed by atoms with Crippen LogP contribution < -0.4 is 5.32 Å². The third kappa shape index (κ3) is 4.33. The molecule has 2 heteroatoms. The maximum Gasteiger partial charge on any atom is 0.0443 e. The summed E-state index contributed by atoms with van der Waals surface area (Å²) >= 11 is 6.28. The van der Waals surface area contributed by atoms with Crippen molar-refractivity contribution in [1.82, 2.24) is 5.32 Å². The Balaban J connectivity index is 2.71. The van der Waals surface area contributed by atoms with E-state index in [0.717, 1.165) is 18.0 Å². The minimum atomic E-state index is 0.110. The Kier molecular flexibility index (Phi) is 5.48. The highest BCUT2D eigenvalue weighted by atomic mass is 35.5. The number of nitrogens with one attached hydrogen (secondary N) is 1. The van der Waals surface area contributed by atoms with Crippen LogP contribution in [0.4, 0.5) is 0 Å². The van der Waals surface area contributed by atoms with Gasteiger partial charge in [-0.3, -0.25) is 0 Å². The van der Waals surface area contributed by atoms with Crippen molar-refractivity contribution in [3.63, 3.8) is 0 Å². The molecule has 0 saturated heterocycles. The van der Waals surface area contributed by atoms with Crippen LogP contribution in [-0.2, 0) is 5.41 Å². The second kappa shape index (κ2) is 6.42. The van der Waals surface area contributed by atoms with Crippen LogP contribution in [0.3, 0.4) is 0 Å². The minimum Gasteiger partial charge on any atom is -0.314 e. The van der Waals surface area contributed by atoms with Gasteiger partial charge in [-0.2, -0.15) is 0 Å². The van der Waals surface area contributed by atoms with Gasteiger partial charge in [0.1, 0.15) is 0 Å². The second-order valence-corrected chi connectivity index (χ2v) is 5.83. The largest absolute Gasteiger partial charge is 0.314 e. The molecule has 1 aromatic carbocycles. The molecular weight excluding hydrogens is 230 g/mol. The molecule has 0 saturated carbocycles. The SMILES string of the molecule is CCCNC(C)CC(C)(C)c1ccccc1Cl. The van der Waals surface area contributed by atoms with Gasteiger partial charge in [0, 0.05) is 11.1 Å². The van der Waals surface area contributed by atoms with Crippen LogP contribution in [0.1, 0.15) is 46.1 Å². The van der Waals surface area contributed by atoms with Crippen molar-refractivity contribution in [3.05, 3.63) is 34.9 Å². The van der Waals surface area contributed by atoms with Crippen molar-refractivity contribution in [2.24, 2.45) is 0 Å². The molecule has 1 rings (SSSR count). The molecule has 0 aliphatic rings. The van der Waals surface area contributed by atoms with Crippen LogP contribution in [0.5, 0.6) is 0 Å². The van der Waals surface area contributed by atoms with Gasteiger partial charge in [0.2, 0.25) is 0 Å². The summed E-state index contributed by atoms with van der Waals surface area (Å²) < 4.78 is 0. The lowest BCUT2D eigenvalue weighted by atomic mass is 9.79. The molecule has 1 aromatic rings. The zero-order valence-corrected chi connectivity index (χ0v) is 12.1. The first-order chi connectivity index (χ1) is 7.97. The lowest BCUT2D eigenvalue weighted by molar-refractivity contribution is 0.390. The number of hydrogen-bond donors (Lipinski definition) is 1. The van der Waals surface area contributed by atoms with E-state index >= 15 is 0 Å². The Morgan fingerprint density at radius 1 is 1.29 bits per heavy atom. The van der Waals surface area contributed by atoms with Crippen molar-refractivity contribution < 1.29 is 0 Å². The highest BCUT2D eigenvalue weighted by Crippen LogP contribution is 2.33. The van der Waals surface area contributed by atoms with Crippen LogP contribution in [0, 0.1) is 0 Å². The normalized spacial score (nSPS) is 13.7. The Hall–Kier alpha value is -0.530. The molecule has 0 aromatic heterocycles. The lowest BCUT2D eigenvalue weighted by Gasteiger charge is -2.30. The Morgan fingerprint density at radius 3 is 2.53 bits per heavy atom.